The highest BCUT2D eigenvalue weighted by Crippen LogP contribution is 2.33. The van der Waals surface area contributed by atoms with E-state index in [0.29, 0.717) is 11.3 Å². The molecular weight excluding hydrogens is 321 g/mol. The standard InChI is InChI=1S/C17H15F3N2O2/c18-12-5-3-7-21-13(12)9-22-17(23)11-8-10-4-1-2-6-14(10)24-15(11)16(19)20/h1-7,11,15-16H,8-9H2,(H,22,23)/t11-,15-/m1/s1. The SMILES string of the molecule is O=C(NCc1ncccc1F)[C@@H]1Cc2ccccc2O[C@H]1C(F)F. The molecule has 0 saturated carbocycles. The lowest BCUT2D eigenvalue weighted by Crippen LogP contribution is -2.47. The molecule has 2 heterocycles. The summed E-state index contributed by atoms with van der Waals surface area (Å²) in [5.41, 5.74) is 0.746. The molecule has 0 spiro atoms. The molecule has 1 aliphatic rings. The van der Waals surface area contributed by atoms with Gasteiger partial charge in [0.15, 0.2) is 6.10 Å². The van der Waals surface area contributed by atoms with E-state index in [1.807, 2.05) is 0 Å². The number of nitrogens with zero attached hydrogens (tertiary/aromatic N) is 1. The average Bonchev–Trinajstić information content (AvgIpc) is 2.59. The quantitative estimate of drug-likeness (QED) is 0.934. The van der Waals surface area contributed by atoms with Gasteiger partial charge in [-0.1, -0.05) is 18.2 Å². The van der Waals surface area contributed by atoms with Crippen LogP contribution in [0, 0.1) is 11.7 Å². The Hall–Kier alpha value is -2.57. The molecule has 1 amide bonds. The minimum Gasteiger partial charge on any atom is -0.483 e. The third kappa shape index (κ3) is 3.34. The van der Waals surface area contributed by atoms with Gasteiger partial charge in [0.1, 0.15) is 11.6 Å². The number of amides is 1. The van der Waals surface area contributed by atoms with Crippen LogP contribution in [0.2, 0.25) is 0 Å². The number of pyridine rings is 1. The van der Waals surface area contributed by atoms with E-state index >= 15 is 0 Å². The number of para-hydroxylation sites is 1. The molecule has 126 valence electrons. The number of halogens is 3. The van der Waals surface area contributed by atoms with E-state index in [2.05, 4.69) is 10.3 Å². The van der Waals surface area contributed by atoms with Crippen molar-refractivity contribution in [3.05, 3.63) is 59.7 Å². The van der Waals surface area contributed by atoms with Crippen LogP contribution < -0.4 is 10.1 Å². The zero-order valence-electron chi connectivity index (χ0n) is 12.6. The molecule has 2 atom stereocenters. The van der Waals surface area contributed by atoms with Gasteiger partial charge in [0, 0.05) is 6.20 Å². The number of aromatic nitrogens is 1. The smallest absolute Gasteiger partial charge is 0.275 e. The lowest BCUT2D eigenvalue weighted by molar-refractivity contribution is -0.133. The number of alkyl halides is 2. The number of carbonyl (C=O) groups excluding carboxylic acids is 1. The Morgan fingerprint density at radius 2 is 2.08 bits per heavy atom. The molecule has 24 heavy (non-hydrogen) atoms. The van der Waals surface area contributed by atoms with Crippen LogP contribution in [0.3, 0.4) is 0 Å². The number of carbonyl (C=O) groups is 1. The van der Waals surface area contributed by atoms with E-state index in [-0.39, 0.29) is 18.7 Å². The van der Waals surface area contributed by atoms with Gasteiger partial charge in [-0.25, -0.2) is 13.2 Å². The monoisotopic (exact) mass is 336 g/mol. The molecule has 1 aromatic carbocycles. The summed E-state index contributed by atoms with van der Waals surface area (Å²) in [6, 6.07) is 9.42. The molecule has 7 heteroatoms. The second-order valence-electron chi connectivity index (χ2n) is 5.48. The van der Waals surface area contributed by atoms with Crippen LogP contribution in [-0.4, -0.2) is 23.4 Å². The Morgan fingerprint density at radius 3 is 2.83 bits per heavy atom. The number of fused-ring (bicyclic) bond motifs is 1. The van der Waals surface area contributed by atoms with Crippen LogP contribution in [0.25, 0.3) is 0 Å². The van der Waals surface area contributed by atoms with Gasteiger partial charge in [0.2, 0.25) is 5.91 Å². The molecule has 1 aliphatic heterocycles. The van der Waals surface area contributed by atoms with Crippen LogP contribution in [0.5, 0.6) is 5.75 Å². The molecule has 0 fully saturated rings. The fourth-order valence-corrected chi connectivity index (χ4v) is 2.69. The molecular formula is C17H15F3N2O2. The lowest BCUT2D eigenvalue weighted by Gasteiger charge is -2.32. The maximum atomic E-state index is 13.5. The Labute approximate surface area is 136 Å². The van der Waals surface area contributed by atoms with Gasteiger partial charge in [-0.05, 0) is 30.2 Å². The van der Waals surface area contributed by atoms with Crippen molar-refractivity contribution in [1.82, 2.24) is 10.3 Å². The van der Waals surface area contributed by atoms with Crippen LogP contribution in [0.4, 0.5) is 13.2 Å². The van der Waals surface area contributed by atoms with E-state index in [9.17, 15) is 18.0 Å². The summed E-state index contributed by atoms with van der Waals surface area (Å²) in [4.78, 5) is 16.1. The number of hydrogen-bond donors (Lipinski definition) is 1. The highest BCUT2D eigenvalue weighted by molar-refractivity contribution is 5.80. The minimum atomic E-state index is -2.80. The molecule has 1 aromatic heterocycles. The van der Waals surface area contributed by atoms with Gasteiger partial charge in [0.05, 0.1) is 18.2 Å². The summed E-state index contributed by atoms with van der Waals surface area (Å²) in [5.74, 6) is -1.86. The third-order valence-corrected chi connectivity index (χ3v) is 3.92. The molecule has 0 radical (unpaired) electrons. The van der Waals surface area contributed by atoms with Crippen molar-refractivity contribution in [2.75, 3.05) is 0 Å². The molecule has 1 N–H and O–H groups in total. The molecule has 0 saturated heterocycles. The van der Waals surface area contributed by atoms with Crippen LogP contribution in [0.15, 0.2) is 42.6 Å². The maximum absolute atomic E-state index is 13.5. The molecule has 0 aliphatic carbocycles. The first-order valence-corrected chi connectivity index (χ1v) is 7.46. The highest BCUT2D eigenvalue weighted by atomic mass is 19.3. The zero-order chi connectivity index (χ0) is 17.1. The lowest BCUT2D eigenvalue weighted by atomic mass is 9.90. The number of benzene rings is 1. The third-order valence-electron chi connectivity index (χ3n) is 3.92. The Balaban J connectivity index is 1.74. The van der Waals surface area contributed by atoms with Gasteiger partial charge < -0.3 is 10.1 Å². The zero-order valence-corrected chi connectivity index (χ0v) is 12.6. The van der Waals surface area contributed by atoms with Gasteiger partial charge in [-0.15, -0.1) is 0 Å². The van der Waals surface area contributed by atoms with Gasteiger partial charge in [0.25, 0.3) is 6.43 Å². The van der Waals surface area contributed by atoms with Crippen molar-refractivity contribution >= 4 is 5.91 Å². The van der Waals surface area contributed by atoms with Crippen LogP contribution >= 0.6 is 0 Å². The van der Waals surface area contributed by atoms with E-state index in [1.165, 1.54) is 18.3 Å². The molecule has 3 rings (SSSR count). The van der Waals surface area contributed by atoms with Gasteiger partial charge in [-0.2, -0.15) is 0 Å². The fraction of sp³-hybridized carbons (Fsp3) is 0.294. The van der Waals surface area contributed by atoms with Crippen molar-refractivity contribution in [1.29, 1.82) is 0 Å². The van der Waals surface area contributed by atoms with E-state index < -0.39 is 30.2 Å². The van der Waals surface area contributed by atoms with Crippen LogP contribution in [-0.2, 0) is 17.8 Å². The average molecular weight is 336 g/mol. The predicted molar refractivity (Wildman–Crippen MR) is 80.1 cm³/mol. The van der Waals surface area contributed by atoms with Crippen molar-refractivity contribution in [2.24, 2.45) is 5.92 Å². The predicted octanol–water partition coefficient (Wildman–Crippen LogP) is 2.72. The first kappa shape index (κ1) is 16.3. The first-order valence-electron chi connectivity index (χ1n) is 7.46. The van der Waals surface area contributed by atoms with E-state index in [0.717, 1.165) is 0 Å². The fourth-order valence-electron chi connectivity index (χ4n) is 2.69. The molecule has 2 aromatic rings. The summed E-state index contributed by atoms with van der Waals surface area (Å²) < 4.78 is 45.4. The molecule has 0 bridgehead atoms. The number of ether oxygens (including phenoxy) is 1. The van der Waals surface area contributed by atoms with Crippen molar-refractivity contribution in [3.63, 3.8) is 0 Å². The minimum absolute atomic E-state index is 0.0524. The summed E-state index contributed by atoms with van der Waals surface area (Å²) in [7, 11) is 0. The van der Waals surface area contributed by atoms with Crippen molar-refractivity contribution in [3.8, 4) is 5.75 Å². The number of rotatable bonds is 4. The van der Waals surface area contributed by atoms with E-state index in [1.54, 1.807) is 24.3 Å². The van der Waals surface area contributed by atoms with Crippen LogP contribution in [0.1, 0.15) is 11.3 Å². The summed E-state index contributed by atoms with van der Waals surface area (Å²) in [6.07, 6.45) is -2.80. The van der Waals surface area contributed by atoms with Crippen molar-refractivity contribution < 1.29 is 22.7 Å². The van der Waals surface area contributed by atoms with E-state index in [4.69, 9.17) is 4.74 Å². The topological polar surface area (TPSA) is 51.2 Å². The Kier molecular flexibility index (Phi) is 4.69. The molecule has 4 nitrogen and oxygen atoms in total. The normalized spacial score (nSPS) is 19.5. The summed E-state index contributed by atoms with van der Waals surface area (Å²) >= 11 is 0. The molecule has 0 unspecified atom stereocenters. The number of hydrogen-bond acceptors (Lipinski definition) is 3. The highest BCUT2D eigenvalue weighted by Gasteiger charge is 2.40. The summed E-state index contributed by atoms with van der Waals surface area (Å²) in [5, 5.41) is 2.47. The van der Waals surface area contributed by atoms with Gasteiger partial charge >= 0.3 is 0 Å². The number of nitrogens with one attached hydrogen (secondary N) is 1. The Morgan fingerprint density at radius 1 is 1.29 bits per heavy atom. The second-order valence-corrected chi connectivity index (χ2v) is 5.48. The van der Waals surface area contributed by atoms with Crippen molar-refractivity contribution in [2.45, 2.75) is 25.5 Å². The Bertz CT molecular complexity index is 739. The second kappa shape index (κ2) is 6.90. The maximum Gasteiger partial charge on any atom is 0.275 e. The van der Waals surface area contributed by atoms with Gasteiger partial charge in [-0.3, -0.25) is 9.78 Å². The first-order chi connectivity index (χ1) is 11.6. The largest absolute Gasteiger partial charge is 0.483 e. The summed E-state index contributed by atoms with van der Waals surface area (Å²) in [6.45, 7) is -0.167.